The summed E-state index contributed by atoms with van der Waals surface area (Å²) in [5, 5.41) is 10.6. The van der Waals surface area contributed by atoms with Gasteiger partial charge in [-0.25, -0.2) is 0 Å². The molecule has 2 N–H and O–H groups in total. The Morgan fingerprint density at radius 2 is 1.62 bits per heavy atom. The molecule has 2 amide bonds. The molecule has 6 rings (SSSR count). The van der Waals surface area contributed by atoms with Gasteiger partial charge in [0.2, 0.25) is 11.8 Å². The van der Waals surface area contributed by atoms with Crippen molar-refractivity contribution in [2.45, 2.75) is 170 Å². The standard InChI is InChI=1S/C43H70N2O5.CH4O/c1-28-16-20-42(8)31-18-22-43(38(49)44-35-25-33(40(35,5)6)37(48)45-23-10-9-11-24-45)19-12-13-32(43)30(31)14-15-34(42)41(28,7)21-17-29(2)50-36(47)26-39(3,4)27-46;1-2/h27-35H,9-26H2,1-8H3,(H,44,49);2H,1H3. The molecule has 0 radical (unpaired) electrons. The third kappa shape index (κ3) is 7.38. The summed E-state index contributed by atoms with van der Waals surface area (Å²) in [6.45, 7) is 19.4. The van der Waals surface area contributed by atoms with E-state index in [-0.39, 0.29) is 52.1 Å². The molecule has 52 heavy (non-hydrogen) atoms. The van der Waals surface area contributed by atoms with E-state index in [0.717, 1.165) is 84.3 Å². The second-order valence-corrected chi connectivity index (χ2v) is 20.2. The lowest BCUT2D eigenvalue weighted by Gasteiger charge is -2.65. The van der Waals surface area contributed by atoms with Crippen molar-refractivity contribution >= 4 is 24.1 Å². The van der Waals surface area contributed by atoms with E-state index in [1.54, 1.807) is 13.8 Å². The molecule has 6 aliphatic rings. The Hall–Kier alpha value is -1.96. The highest BCUT2D eigenvalue weighted by molar-refractivity contribution is 5.85. The van der Waals surface area contributed by atoms with Gasteiger partial charge in [0.25, 0.3) is 0 Å². The monoisotopic (exact) mass is 727 g/mol. The Balaban J connectivity index is 0.00000257. The van der Waals surface area contributed by atoms with Gasteiger partial charge in [0.1, 0.15) is 6.29 Å². The number of carbonyl (C=O) groups is 4. The van der Waals surface area contributed by atoms with Crippen LogP contribution in [0.15, 0.2) is 0 Å². The van der Waals surface area contributed by atoms with Crippen LogP contribution in [0.3, 0.4) is 0 Å². The summed E-state index contributed by atoms with van der Waals surface area (Å²) in [5.41, 5.74) is -0.696. The van der Waals surface area contributed by atoms with Crippen LogP contribution in [0.2, 0.25) is 0 Å². The van der Waals surface area contributed by atoms with Crippen molar-refractivity contribution < 1.29 is 29.0 Å². The number of nitrogens with one attached hydrogen (secondary N) is 1. The number of fused-ring (bicyclic) bond motifs is 5. The lowest BCUT2D eigenvalue weighted by atomic mass is 9.39. The third-order valence-electron chi connectivity index (χ3n) is 16.6. The van der Waals surface area contributed by atoms with Crippen LogP contribution >= 0.6 is 0 Å². The predicted molar refractivity (Wildman–Crippen MR) is 205 cm³/mol. The molecule has 8 heteroatoms. The molecule has 11 unspecified atom stereocenters. The van der Waals surface area contributed by atoms with Crippen LogP contribution in [-0.4, -0.2) is 66.4 Å². The number of aliphatic hydroxyl groups excluding tert-OH is 1. The SMILES string of the molecule is CC(CCC1(C)C(C)CCC2(C)C3CCC4(C(=O)NC5CC(C(=O)N6CCCCC6)C5(C)C)CCCC4C3CCC12)OC(=O)CC(C)(C)C=O.CO. The van der Waals surface area contributed by atoms with Crippen molar-refractivity contribution in [1.82, 2.24) is 10.2 Å². The fraction of sp³-hybridized carbons (Fsp3) is 0.909. The number of piperidine rings is 1. The van der Waals surface area contributed by atoms with E-state index in [1.165, 1.54) is 38.5 Å². The Labute approximate surface area is 315 Å². The number of esters is 1. The van der Waals surface area contributed by atoms with Crippen LogP contribution < -0.4 is 5.32 Å². The predicted octanol–water partition coefficient (Wildman–Crippen LogP) is 8.13. The van der Waals surface area contributed by atoms with Crippen LogP contribution in [0, 0.1) is 62.6 Å². The lowest BCUT2D eigenvalue weighted by molar-refractivity contribution is -0.175. The molecule has 0 bridgehead atoms. The quantitative estimate of drug-likeness (QED) is 0.174. The van der Waals surface area contributed by atoms with E-state index in [0.29, 0.717) is 41.4 Å². The fourth-order valence-electron chi connectivity index (χ4n) is 13.0. The number of likely N-dealkylation sites (tertiary alicyclic amines) is 1. The van der Waals surface area contributed by atoms with Gasteiger partial charge in [0.15, 0.2) is 0 Å². The Bertz CT molecular complexity index is 1310. The minimum Gasteiger partial charge on any atom is -0.463 e. The van der Waals surface area contributed by atoms with Gasteiger partial charge in [0, 0.05) is 37.6 Å². The number of carbonyl (C=O) groups excluding carboxylic acids is 4. The molecule has 296 valence electrons. The average Bonchev–Trinajstić information content (AvgIpc) is 3.58. The first kappa shape index (κ1) is 41.2. The van der Waals surface area contributed by atoms with Gasteiger partial charge in [-0.2, -0.15) is 0 Å². The molecular weight excluding hydrogens is 652 g/mol. The van der Waals surface area contributed by atoms with Gasteiger partial charge in [0.05, 0.1) is 17.9 Å². The molecule has 0 spiro atoms. The zero-order valence-electron chi connectivity index (χ0n) is 34.4. The summed E-state index contributed by atoms with van der Waals surface area (Å²) >= 11 is 0. The van der Waals surface area contributed by atoms with Gasteiger partial charge in [-0.3, -0.25) is 14.4 Å². The van der Waals surface area contributed by atoms with E-state index in [1.807, 2.05) is 6.92 Å². The number of nitrogens with zero attached hydrogens (tertiary/aromatic N) is 1. The van der Waals surface area contributed by atoms with Crippen molar-refractivity contribution in [2.75, 3.05) is 20.2 Å². The molecule has 8 nitrogen and oxygen atoms in total. The number of hydrogen-bond donors (Lipinski definition) is 2. The first-order valence-electron chi connectivity index (χ1n) is 21.2. The maximum absolute atomic E-state index is 14.5. The normalized spacial score (nSPS) is 40.0. The maximum atomic E-state index is 14.5. The third-order valence-corrected chi connectivity index (χ3v) is 16.6. The molecule has 0 aromatic carbocycles. The van der Waals surface area contributed by atoms with Crippen LogP contribution in [0.25, 0.3) is 0 Å². The topological polar surface area (TPSA) is 113 Å². The average molecular weight is 727 g/mol. The summed E-state index contributed by atoms with van der Waals surface area (Å²) in [6.07, 6.45) is 17.4. The Morgan fingerprint density at radius 3 is 2.27 bits per heavy atom. The lowest BCUT2D eigenvalue weighted by Crippen LogP contribution is -2.65. The molecule has 5 aliphatic carbocycles. The van der Waals surface area contributed by atoms with Gasteiger partial charge in [-0.1, -0.05) is 54.9 Å². The molecule has 11 atom stereocenters. The highest BCUT2D eigenvalue weighted by atomic mass is 16.5. The number of amides is 2. The first-order chi connectivity index (χ1) is 24.5. The van der Waals surface area contributed by atoms with Gasteiger partial charge >= 0.3 is 5.97 Å². The second-order valence-electron chi connectivity index (χ2n) is 20.2. The summed E-state index contributed by atoms with van der Waals surface area (Å²) in [4.78, 5) is 54.0. The fourth-order valence-corrected chi connectivity index (χ4v) is 13.0. The Kier molecular flexibility index (Phi) is 12.4. The van der Waals surface area contributed by atoms with Crippen LogP contribution in [0.4, 0.5) is 0 Å². The molecule has 0 aromatic rings. The van der Waals surface area contributed by atoms with E-state index in [4.69, 9.17) is 9.84 Å². The number of hydrogen-bond acceptors (Lipinski definition) is 6. The Morgan fingerprint density at radius 1 is 0.923 bits per heavy atom. The molecule has 1 heterocycles. The number of rotatable bonds is 10. The maximum Gasteiger partial charge on any atom is 0.307 e. The smallest absolute Gasteiger partial charge is 0.307 e. The number of ether oxygens (including phenoxy) is 1. The summed E-state index contributed by atoms with van der Waals surface area (Å²) < 4.78 is 5.83. The molecular formula is C44H74N2O6. The zero-order valence-corrected chi connectivity index (χ0v) is 34.4. The van der Waals surface area contributed by atoms with Crippen molar-refractivity contribution in [3.05, 3.63) is 0 Å². The minimum atomic E-state index is -0.692. The second kappa shape index (κ2) is 15.6. The van der Waals surface area contributed by atoms with Gasteiger partial charge in [-0.15, -0.1) is 0 Å². The first-order valence-corrected chi connectivity index (χ1v) is 21.2. The summed E-state index contributed by atoms with van der Waals surface area (Å²) in [7, 11) is 1.00. The number of aldehydes is 1. The van der Waals surface area contributed by atoms with Gasteiger partial charge in [-0.05, 0) is 143 Å². The van der Waals surface area contributed by atoms with E-state index in [2.05, 4.69) is 44.8 Å². The number of aliphatic hydroxyl groups is 1. The minimum absolute atomic E-state index is 0.0152. The van der Waals surface area contributed by atoms with Crippen LogP contribution in [0.1, 0.15) is 158 Å². The highest BCUT2D eigenvalue weighted by Crippen LogP contribution is 2.70. The van der Waals surface area contributed by atoms with Crippen molar-refractivity contribution in [1.29, 1.82) is 0 Å². The highest BCUT2D eigenvalue weighted by Gasteiger charge is 2.65. The molecule has 1 aliphatic heterocycles. The molecule has 0 aromatic heterocycles. The largest absolute Gasteiger partial charge is 0.463 e. The van der Waals surface area contributed by atoms with E-state index in [9.17, 15) is 19.2 Å². The van der Waals surface area contributed by atoms with Crippen LogP contribution in [0.5, 0.6) is 0 Å². The summed E-state index contributed by atoms with van der Waals surface area (Å²) in [5.74, 6) is 3.33. The van der Waals surface area contributed by atoms with Gasteiger partial charge < -0.3 is 24.9 Å². The molecule has 1 saturated heterocycles. The molecule has 5 saturated carbocycles. The van der Waals surface area contributed by atoms with Crippen molar-refractivity contribution in [3.63, 3.8) is 0 Å². The molecule has 6 fully saturated rings. The summed E-state index contributed by atoms with van der Waals surface area (Å²) in [6, 6.07) is 0.0778. The zero-order chi connectivity index (χ0) is 38.3. The van der Waals surface area contributed by atoms with Crippen molar-refractivity contribution in [3.8, 4) is 0 Å². The van der Waals surface area contributed by atoms with E-state index >= 15 is 0 Å². The van der Waals surface area contributed by atoms with Crippen LogP contribution in [-0.2, 0) is 23.9 Å². The van der Waals surface area contributed by atoms with E-state index < -0.39 is 5.41 Å². The van der Waals surface area contributed by atoms with Crippen molar-refractivity contribution in [2.24, 2.45) is 62.6 Å².